The molecule has 2 aliphatic heterocycles. The summed E-state index contributed by atoms with van der Waals surface area (Å²) in [6, 6.07) is 12.5. The molecular weight excluding hydrogens is 592 g/mol. The molecule has 0 unspecified atom stereocenters. The first-order valence-corrected chi connectivity index (χ1v) is 13.8. The van der Waals surface area contributed by atoms with Gasteiger partial charge in [-0.3, -0.25) is 19.2 Å². The number of carbonyl (C=O) groups is 4. The Morgan fingerprint density at radius 1 is 0.917 bits per heavy atom. The van der Waals surface area contributed by atoms with Gasteiger partial charge in [0.2, 0.25) is 17.7 Å². The lowest BCUT2D eigenvalue weighted by Gasteiger charge is -2.29. The molecule has 2 saturated heterocycles. The van der Waals surface area contributed by atoms with Crippen molar-refractivity contribution >= 4 is 66.9 Å². The van der Waals surface area contributed by atoms with Crippen molar-refractivity contribution in [3.8, 4) is 5.75 Å². The van der Waals surface area contributed by atoms with Crippen LogP contribution in [0.4, 0.5) is 11.4 Å². The lowest BCUT2D eigenvalue weighted by Crippen LogP contribution is -2.34. The van der Waals surface area contributed by atoms with E-state index in [2.05, 4.69) is 31.9 Å². The van der Waals surface area contributed by atoms with Crippen LogP contribution in [0, 0.1) is 31.6 Å². The maximum Gasteiger partial charge on any atom is 0.316 e. The zero-order valence-corrected chi connectivity index (χ0v) is 23.1. The number of anilines is 2. The average Bonchev–Trinajstić information content (AvgIpc) is 3.33. The van der Waals surface area contributed by atoms with E-state index in [1.807, 2.05) is 31.2 Å². The zero-order valence-electron chi connectivity index (χ0n) is 19.9. The fourth-order valence-electron chi connectivity index (χ4n) is 5.31. The smallest absolute Gasteiger partial charge is 0.316 e. The molecule has 0 N–H and O–H groups in total. The predicted molar refractivity (Wildman–Crippen MR) is 143 cm³/mol. The molecule has 36 heavy (non-hydrogen) atoms. The summed E-state index contributed by atoms with van der Waals surface area (Å²) in [5, 5.41) is 0. The van der Waals surface area contributed by atoms with Crippen molar-refractivity contribution in [3.05, 3.63) is 53.6 Å². The SMILES string of the molecule is Cc1ccc(N2C[C@H](C(=O)Oc3ccc(N4C(=O)[C@@H]5C[C@H](Br)[C@@H](Br)C[C@H]5C4=O)c(C)c3)CC2=O)cc1. The van der Waals surface area contributed by atoms with Gasteiger partial charge in [-0.15, -0.1) is 0 Å². The van der Waals surface area contributed by atoms with Crippen LogP contribution in [0.15, 0.2) is 42.5 Å². The molecule has 3 fully saturated rings. The van der Waals surface area contributed by atoms with E-state index < -0.39 is 11.9 Å². The molecule has 2 heterocycles. The summed E-state index contributed by atoms with van der Waals surface area (Å²) >= 11 is 7.22. The number of imide groups is 1. The van der Waals surface area contributed by atoms with Crippen LogP contribution >= 0.6 is 31.9 Å². The summed E-state index contributed by atoms with van der Waals surface area (Å²) in [7, 11) is 0. The van der Waals surface area contributed by atoms with Gasteiger partial charge in [-0.05, 0) is 62.6 Å². The monoisotopic (exact) mass is 616 g/mol. The Morgan fingerprint density at radius 3 is 2.11 bits per heavy atom. The zero-order chi connectivity index (χ0) is 25.7. The third-order valence-corrected chi connectivity index (χ3v) is 10.1. The van der Waals surface area contributed by atoms with Crippen molar-refractivity contribution in [2.45, 2.75) is 42.8 Å². The highest BCUT2D eigenvalue weighted by Gasteiger charge is 2.52. The Balaban J connectivity index is 1.28. The molecule has 2 aromatic carbocycles. The molecule has 9 heteroatoms. The molecule has 0 spiro atoms. The number of alkyl halides is 2. The van der Waals surface area contributed by atoms with Crippen molar-refractivity contribution in [1.82, 2.24) is 0 Å². The van der Waals surface area contributed by atoms with Gasteiger partial charge < -0.3 is 9.64 Å². The van der Waals surface area contributed by atoms with Gasteiger partial charge >= 0.3 is 5.97 Å². The van der Waals surface area contributed by atoms with E-state index in [9.17, 15) is 19.2 Å². The fourth-order valence-corrected chi connectivity index (χ4v) is 6.55. The first-order chi connectivity index (χ1) is 17.1. The summed E-state index contributed by atoms with van der Waals surface area (Å²) in [6.45, 7) is 4.03. The molecule has 5 atom stereocenters. The summed E-state index contributed by atoms with van der Waals surface area (Å²) in [4.78, 5) is 54.8. The molecular formula is C27H26Br2N2O5. The first kappa shape index (κ1) is 25.1. The highest BCUT2D eigenvalue weighted by atomic mass is 79.9. The maximum atomic E-state index is 13.1. The van der Waals surface area contributed by atoms with E-state index in [0.717, 1.165) is 11.3 Å². The van der Waals surface area contributed by atoms with Crippen LogP contribution in [-0.2, 0) is 19.2 Å². The van der Waals surface area contributed by atoms with Gasteiger partial charge in [0.1, 0.15) is 5.75 Å². The molecule has 188 valence electrons. The number of benzene rings is 2. The van der Waals surface area contributed by atoms with E-state index in [4.69, 9.17) is 4.74 Å². The van der Waals surface area contributed by atoms with Crippen molar-refractivity contribution in [2.75, 3.05) is 16.3 Å². The van der Waals surface area contributed by atoms with Crippen LogP contribution in [0.5, 0.6) is 5.75 Å². The number of aryl methyl sites for hydroxylation is 2. The molecule has 2 aromatic rings. The number of ether oxygens (including phenoxy) is 1. The second kappa shape index (κ2) is 9.74. The standard InChI is InChI=1S/C27H26Br2N2O5/c1-14-3-5-17(6-4-14)30-13-16(10-24(30)32)27(35)36-18-7-8-23(15(2)9-18)31-25(33)19-11-21(28)22(29)12-20(19)26(31)34/h3-9,16,19-22H,10-13H2,1-2H3/t16-,19-,20-,21+,22+/m1/s1. The third kappa shape index (κ3) is 4.52. The van der Waals surface area contributed by atoms with Crippen LogP contribution in [-0.4, -0.2) is 39.9 Å². The second-order valence-corrected chi connectivity index (χ2v) is 12.2. The van der Waals surface area contributed by atoms with Gasteiger partial charge in [-0.2, -0.15) is 0 Å². The fraction of sp³-hybridized carbons (Fsp3) is 0.407. The lowest BCUT2D eigenvalue weighted by molar-refractivity contribution is -0.139. The van der Waals surface area contributed by atoms with E-state index in [1.54, 1.807) is 30.0 Å². The summed E-state index contributed by atoms with van der Waals surface area (Å²) in [5.74, 6) is -1.86. The number of hydrogen-bond acceptors (Lipinski definition) is 5. The Bertz CT molecular complexity index is 1220. The molecule has 0 bridgehead atoms. The topological polar surface area (TPSA) is 84.0 Å². The van der Waals surface area contributed by atoms with Crippen molar-refractivity contribution in [2.24, 2.45) is 17.8 Å². The molecule has 0 aromatic heterocycles. The van der Waals surface area contributed by atoms with Gasteiger partial charge in [-0.1, -0.05) is 49.6 Å². The van der Waals surface area contributed by atoms with Gasteiger partial charge in [0, 0.05) is 28.3 Å². The Kier molecular flexibility index (Phi) is 6.80. The number of hydrogen-bond donors (Lipinski definition) is 0. The minimum Gasteiger partial charge on any atom is -0.426 e. The van der Waals surface area contributed by atoms with E-state index in [0.29, 0.717) is 29.8 Å². The number of nitrogens with zero attached hydrogens (tertiary/aromatic N) is 2. The highest BCUT2D eigenvalue weighted by Crippen LogP contribution is 2.45. The number of carbonyl (C=O) groups excluding carboxylic acids is 4. The van der Waals surface area contributed by atoms with Crippen LogP contribution < -0.4 is 14.5 Å². The second-order valence-electron chi connectivity index (χ2n) is 9.84. The number of esters is 1. The Labute approximate surface area is 226 Å². The molecule has 5 rings (SSSR count). The number of fused-ring (bicyclic) bond motifs is 1. The van der Waals surface area contributed by atoms with Crippen LogP contribution in [0.2, 0.25) is 0 Å². The quantitative estimate of drug-likeness (QED) is 0.215. The van der Waals surface area contributed by atoms with E-state index in [1.165, 1.54) is 4.90 Å². The predicted octanol–water partition coefficient (Wildman–Crippen LogP) is 4.69. The summed E-state index contributed by atoms with van der Waals surface area (Å²) in [6.07, 6.45) is 1.30. The van der Waals surface area contributed by atoms with Gasteiger partial charge in [0.15, 0.2) is 0 Å². The Hall–Kier alpha value is -2.52. The van der Waals surface area contributed by atoms with Crippen LogP contribution in [0.1, 0.15) is 30.4 Å². The minimum absolute atomic E-state index is 0.0897. The normalized spacial score (nSPS) is 28.0. The third-order valence-electron chi connectivity index (χ3n) is 7.34. The summed E-state index contributed by atoms with van der Waals surface area (Å²) < 4.78 is 5.61. The number of halogens is 2. The average molecular weight is 618 g/mol. The molecule has 1 aliphatic carbocycles. The molecule has 1 saturated carbocycles. The van der Waals surface area contributed by atoms with Crippen molar-refractivity contribution in [1.29, 1.82) is 0 Å². The van der Waals surface area contributed by atoms with Crippen molar-refractivity contribution in [3.63, 3.8) is 0 Å². The molecule has 7 nitrogen and oxygen atoms in total. The summed E-state index contributed by atoms with van der Waals surface area (Å²) in [5.41, 5.74) is 3.03. The van der Waals surface area contributed by atoms with Gasteiger partial charge in [-0.25, -0.2) is 4.90 Å². The minimum atomic E-state index is -0.571. The van der Waals surface area contributed by atoms with E-state index >= 15 is 0 Å². The number of rotatable bonds is 4. The van der Waals surface area contributed by atoms with Gasteiger partial charge in [0.25, 0.3) is 0 Å². The molecule has 3 amide bonds. The van der Waals surface area contributed by atoms with E-state index in [-0.39, 0.29) is 52.2 Å². The van der Waals surface area contributed by atoms with Crippen LogP contribution in [0.3, 0.4) is 0 Å². The molecule has 3 aliphatic rings. The number of amides is 3. The Morgan fingerprint density at radius 2 is 1.53 bits per heavy atom. The highest BCUT2D eigenvalue weighted by molar-refractivity contribution is 9.12. The van der Waals surface area contributed by atoms with Crippen LogP contribution in [0.25, 0.3) is 0 Å². The first-order valence-electron chi connectivity index (χ1n) is 12.0. The molecule has 0 radical (unpaired) electrons. The maximum absolute atomic E-state index is 13.1. The largest absolute Gasteiger partial charge is 0.426 e. The lowest BCUT2D eigenvalue weighted by atomic mass is 9.81. The van der Waals surface area contributed by atoms with Crippen molar-refractivity contribution < 1.29 is 23.9 Å². The van der Waals surface area contributed by atoms with Gasteiger partial charge in [0.05, 0.1) is 23.4 Å².